The van der Waals surface area contributed by atoms with Crippen LogP contribution in [0.1, 0.15) is 47.7 Å². The molecule has 3 rings (SSSR count). The van der Waals surface area contributed by atoms with Gasteiger partial charge < -0.3 is 18.9 Å². The van der Waals surface area contributed by atoms with E-state index in [1.165, 1.54) is 0 Å². The van der Waals surface area contributed by atoms with E-state index in [9.17, 15) is 0 Å². The minimum absolute atomic E-state index is 0.0165. The molecule has 0 unspecified atom stereocenters. The molecule has 6 heteroatoms. The standard InChI is InChI=1S/C15H24BNO3S/c1-11-12(16-19-14(2,3)15(4,5)20-16)10-13(21-11)17-6-8-18-9-7-17/h10H,6-9H2,1-5H3/i1D3,6D2,7D2,8D2,9D2. The fraction of sp³-hybridized carbons (Fsp3) is 0.733. The highest BCUT2D eigenvalue weighted by molar-refractivity contribution is 7.17. The van der Waals surface area contributed by atoms with Crippen LogP contribution in [0.2, 0.25) is 0 Å². The molecule has 0 bridgehead atoms. The van der Waals surface area contributed by atoms with E-state index >= 15 is 0 Å². The second kappa shape index (κ2) is 5.27. The molecule has 0 aromatic carbocycles. The van der Waals surface area contributed by atoms with Gasteiger partial charge in [0.05, 0.1) is 40.3 Å². The van der Waals surface area contributed by atoms with Crippen LogP contribution in [0.3, 0.4) is 0 Å². The van der Waals surface area contributed by atoms with Gasteiger partial charge in [-0.3, -0.25) is 0 Å². The van der Waals surface area contributed by atoms with Gasteiger partial charge >= 0.3 is 7.12 Å². The Morgan fingerprint density at radius 2 is 1.86 bits per heavy atom. The number of hydrogen-bond donors (Lipinski definition) is 0. The van der Waals surface area contributed by atoms with Gasteiger partial charge in [-0.1, -0.05) is 0 Å². The first kappa shape index (κ1) is 6.91. The molecule has 0 saturated carbocycles. The van der Waals surface area contributed by atoms with Crippen LogP contribution in [0.15, 0.2) is 6.07 Å². The van der Waals surface area contributed by atoms with E-state index in [1.54, 1.807) is 27.7 Å². The van der Waals surface area contributed by atoms with Crippen molar-refractivity contribution in [3.63, 3.8) is 0 Å². The molecule has 0 atom stereocenters. The van der Waals surface area contributed by atoms with Crippen molar-refractivity contribution >= 4 is 28.9 Å². The molecule has 21 heavy (non-hydrogen) atoms. The summed E-state index contributed by atoms with van der Waals surface area (Å²) in [7, 11) is -1.16. The van der Waals surface area contributed by atoms with Crippen molar-refractivity contribution in [2.75, 3.05) is 31.0 Å². The van der Waals surface area contributed by atoms with Gasteiger partial charge in [-0.25, -0.2) is 0 Å². The van der Waals surface area contributed by atoms with E-state index < -0.39 is 51.3 Å². The van der Waals surface area contributed by atoms with Crippen LogP contribution < -0.4 is 10.4 Å². The maximum Gasteiger partial charge on any atom is 0.496 e. The second-order valence-corrected chi connectivity index (χ2v) is 6.85. The van der Waals surface area contributed by atoms with Gasteiger partial charge in [0.1, 0.15) is 0 Å². The van der Waals surface area contributed by atoms with E-state index in [4.69, 9.17) is 24.4 Å². The summed E-state index contributed by atoms with van der Waals surface area (Å²) in [6.07, 6.45) is 0. The third-order valence-electron chi connectivity index (χ3n) is 3.89. The van der Waals surface area contributed by atoms with Crippen LogP contribution in [-0.2, 0) is 14.0 Å². The van der Waals surface area contributed by atoms with Gasteiger partial charge in [0.2, 0.25) is 0 Å². The number of morpholine rings is 1. The second-order valence-electron chi connectivity index (χ2n) is 5.82. The zero-order valence-electron chi connectivity index (χ0n) is 23.2. The molecule has 1 aromatic heterocycles. The third kappa shape index (κ3) is 2.74. The number of aryl methyl sites for hydroxylation is 1. The van der Waals surface area contributed by atoms with E-state index in [1.807, 2.05) is 0 Å². The lowest BCUT2D eigenvalue weighted by Gasteiger charge is -2.32. The summed E-state index contributed by atoms with van der Waals surface area (Å²) < 4.78 is 104. The van der Waals surface area contributed by atoms with Crippen molar-refractivity contribution in [2.45, 2.75) is 45.7 Å². The predicted molar refractivity (Wildman–Crippen MR) is 87.8 cm³/mol. The SMILES string of the molecule is [2H]C([2H])([2H])c1sc(N2C([2H])([2H])C([2H])([2H])OC([2H])([2H])C2([2H])[2H])cc1B1OC(C)(C)C(C)(C)O1. The minimum Gasteiger partial charge on any atom is -0.399 e. The van der Waals surface area contributed by atoms with Crippen LogP contribution in [-0.4, -0.2) is 44.4 Å². The van der Waals surface area contributed by atoms with Crippen molar-refractivity contribution in [3.05, 3.63) is 10.9 Å². The van der Waals surface area contributed by atoms with Crippen molar-refractivity contribution in [1.82, 2.24) is 0 Å². The summed E-state index contributed by atoms with van der Waals surface area (Å²) in [5, 5.41) is -0.341. The van der Waals surface area contributed by atoms with Crippen LogP contribution in [0.4, 0.5) is 5.00 Å². The fourth-order valence-corrected chi connectivity index (χ4v) is 2.80. The molecule has 2 aliphatic heterocycles. The average Bonchev–Trinajstić information content (AvgIpc) is 3.03. The van der Waals surface area contributed by atoms with E-state index in [0.29, 0.717) is 11.3 Å². The van der Waals surface area contributed by atoms with Crippen molar-refractivity contribution in [2.24, 2.45) is 0 Å². The molecule has 0 aliphatic carbocycles. The summed E-state index contributed by atoms with van der Waals surface area (Å²) in [6.45, 7) is -8.54. The number of anilines is 1. The van der Waals surface area contributed by atoms with Crippen LogP contribution in [0.5, 0.6) is 0 Å². The first-order chi connectivity index (χ1) is 14.0. The lowest BCUT2D eigenvalue weighted by Crippen LogP contribution is -2.41. The molecule has 2 saturated heterocycles. The average molecular weight is 320 g/mol. The van der Waals surface area contributed by atoms with Crippen molar-refractivity contribution in [1.29, 1.82) is 0 Å². The van der Waals surface area contributed by atoms with E-state index in [-0.39, 0.29) is 20.2 Å². The molecule has 0 radical (unpaired) electrons. The van der Waals surface area contributed by atoms with E-state index in [0.717, 1.165) is 6.07 Å². The highest BCUT2D eigenvalue weighted by Crippen LogP contribution is 2.37. The molecule has 0 N–H and O–H groups in total. The number of thiophene rings is 1. The molecule has 2 aliphatic rings. The van der Waals surface area contributed by atoms with Gasteiger partial charge in [-0.2, -0.15) is 0 Å². The summed E-state index contributed by atoms with van der Waals surface area (Å²) >= 11 is 0.501. The van der Waals surface area contributed by atoms with Gasteiger partial charge in [-0.15, -0.1) is 11.3 Å². The Labute approximate surface area is 147 Å². The smallest absolute Gasteiger partial charge is 0.399 e. The number of rotatable bonds is 2. The summed E-state index contributed by atoms with van der Waals surface area (Å²) in [5.41, 5.74) is -1.62. The van der Waals surface area contributed by atoms with E-state index in [2.05, 4.69) is 4.74 Å². The van der Waals surface area contributed by atoms with Gasteiger partial charge in [0.15, 0.2) is 0 Å². The zero-order chi connectivity index (χ0) is 24.9. The first-order valence-corrected chi connectivity index (χ1v) is 7.30. The Morgan fingerprint density at radius 3 is 2.43 bits per heavy atom. The lowest BCUT2D eigenvalue weighted by molar-refractivity contribution is 0.00578. The fourth-order valence-electron chi connectivity index (χ4n) is 1.95. The summed E-state index contributed by atoms with van der Waals surface area (Å²) in [5.74, 6) is 0. The van der Waals surface area contributed by atoms with Gasteiger partial charge in [0, 0.05) is 22.0 Å². The first-order valence-electron chi connectivity index (χ1n) is 12.0. The maximum absolute atomic E-state index is 8.22. The normalized spacial score (nSPS) is 42.6. The Morgan fingerprint density at radius 1 is 1.24 bits per heavy atom. The number of nitrogens with zero attached hydrogens (tertiary/aromatic N) is 1. The molecule has 3 heterocycles. The highest BCUT2D eigenvalue weighted by atomic mass is 32.1. The molecule has 116 valence electrons. The highest BCUT2D eigenvalue weighted by Gasteiger charge is 2.52. The van der Waals surface area contributed by atoms with Crippen LogP contribution in [0, 0.1) is 6.85 Å². The molecule has 0 amide bonds. The lowest BCUT2D eigenvalue weighted by atomic mass is 9.79. The summed E-state index contributed by atoms with van der Waals surface area (Å²) in [6, 6.07) is 1.15. The largest absolute Gasteiger partial charge is 0.496 e. The quantitative estimate of drug-likeness (QED) is 0.782. The Kier molecular flexibility index (Phi) is 1.73. The summed E-state index contributed by atoms with van der Waals surface area (Å²) in [4.78, 5) is 0.00299. The topological polar surface area (TPSA) is 30.9 Å². The van der Waals surface area contributed by atoms with Crippen LogP contribution in [0.25, 0.3) is 0 Å². The van der Waals surface area contributed by atoms with Gasteiger partial charge in [0.25, 0.3) is 0 Å². The molecule has 1 aromatic rings. The molecular weight excluding hydrogens is 285 g/mol. The monoisotopic (exact) mass is 320 g/mol. The van der Waals surface area contributed by atoms with Crippen LogP contribution >= 0.6 is 11.3 Å². The minimum atomic E-state index is -3.25. The predicted octanol–water partition coefficient (Wildman–Crippen LogP) is 2.19. The Balaban J connectivity index is 2.21. The van der Waals surface area contributed by atoms with Crippen molar-refractivity contribution in [3.8, 4) is 0 Å². The maximum atomic E-state index is 8.22. The number of hydrogen-bond acceptors (Lipinski definition) is 5. The van der Waals surface area contributed by atoms with Crippen molar-refractivity contribution < 1.29 is 29.1 Å². The zero-order valence-corrected chi connectivity index (χ0v) is 13.1. The van der Waals surface area contributed by atoms with Gasteiger partial charge in [-0.05, 0) is 46.1 Å². The third-order valence-corrected chi connectivity index (χ3v) is 4.84. The molecule has 4 nitrogen and oxygen atoms in total. The molecular formula is C15H24BNO3S. The molecule has 0 spiro atoms. The number of ether oxygens (including phenoxy) is 1. The molecule has 2 fully saturated rings. The Bertz CT molecular complexity index is 873. The Hall–Kier alpha value is -0.555.